The summed E-state index contributed by atoms with van der Waals surface area (Å²) in [6.45, 7) is 7.15. The van der Waals surface area contributed by atoms with Gasteiger partial charge in [0.25, 0.3) is 11.8 Å². The van der Waals surface area contributed by atoms with Crippen LogP contribution in [0.2, 0.25) is 0 Å². The molecule has 3 aromatic carbocycles. The molecule has 0 saturated heterocycles. The first kappa shape index (κ1) is 32.9. The molecule has 3 atom stereocenters. The number of carbonyl (C=O) groups is 2. The Hall–Kier alpha value is -4.49. The number of benzene rings is 3. The lowest BCUT2D eigenvalue weighted by atomic mass is 9.81. The van der Waals surface area contributed by atoms with E-state index in [2.05, 4.69) is 9.71 Å². The number of aromatic nitrogens is 2. The molecule has 240 valence electrons. The molecule has 8 nitrogen and oxygen atoms in total. The van der Waals surface area contributed by atoms with Crippen LogP contribution < -0.4 is 10.2 Å². The molecule has 46 heavy (non-hydrogen) atoms. The van der Waals surface area contributed by atoms with Crippen molar-refractivity contribution in [3.05, 3.63) is 113 Å². The quantitative estimate of drug-likeness (QED) is 0.146. The van der Waals surface area contributed by atoms with E-state index in [9.17, 15) is 31.7 Å². The molecule has 1 N–H and O–H groups in total. The van der Waals surface area contributed by atoms with Crippen molar-refractivity contribution in [3.63, 3.8) is 0 Å². The highest BCUT2D eigenvalue weighted by molar-refractivity contribution is 7.91. The third-order valence-corrected chi connectivity index (χ3v) is 8.78. The van der Waals surface area contributed by atoms with Gasteiger partial charge in [-0.25, -0.2) is 9.07 Å². The number of alkyl halides is 3. The van der Waals surface area contributed by atoms with Gasteiger partial charge in [-0.2, -0.15) is 18.3 Å². The summed E-state index contributed by atoms with van der Waals surface area (Å²) in [5, 5.41) is 7.44. The van der Waals surface area contributed by atoms with E-state index >= 15 is 0 Å². The number of amides is 2. The number of likely N-dealkylation sites (N-methyl/N-ethyl adjacent to an activating group) is 1. The summed E-state index contributed by atoms with van der Waals surface area (Å²) in [6, 6.07) is 16.9. The average Bonchev–Trinajstić information content (AvgIpc) is 3.39. The fourth-order valence-corrected chi connectivity index (χ4v) is 5.73. The number of hydrogen-bond acceptors (Lipinski definition) is 5. The lowest BCUT2D eigenvalue weighted by Crippen LogP contribution is -2.55. The first-order valence-electron chi connectivity index (χ1n) is 14.4. The van der Waals surface area contributed by atoms with E-state index in [0.717, 1.165) is 12.1 Å². The largest absolute Gasteiger partial charge is 0.591 e. The molecule has 1 aromatic heterocycles. The van der Waals surface area contributed by atoms with Crippen molar-refractivity contribution in [2.24, 2.45) is 4.40 Å². The van der Waals surface area contributed by atoms with Crippen molar-refractivity contribution in [2.75, 3.05) is 11.4 Å². The molecule has 13 heteroatoms. The molecule has 0 unspecified atom stereocenters. The van der Waals surface area contributed by atoms with Crippen molar-refractivity contribution in [1.82, 2.24) is 15.1 Å². The predicted octanol–water partition coefficient (Wildman–Crippen LogP) is 6.21. The minimum Gasteiger partial charge on any atom is -0.591 e. The minimum absolute atomic E-state index is 0.140. The molecule has 0 radical (unpaired) electrons. The lowest BCUT2D eigenvalue weighted by Gasteiger charge is -2.38. The highest BCUT2D eigenvalue weighted by atomic mass is 32.2. The molecular formula is C33H31F4N5O3S. The maximum Gasteiger partial charge on any atom is 0.416 e. The number of halogens is 4. The van der Waals surface area contributed by atoms with Crippen LogP contribution >= 0.6 is 0 Å². The van der Waals surface area contributed by atoms with Gasteiger partial charge in [0.15, 0.2) is 0 Å². The van der Waals surface area contributed by atoms with Crippen molar-refractivity contribution in [3.8, 4) is 5.69 Å². The number of nitrogens with one attached hydrogen (secondary N) is 1. The number of hydrogen-bond donors (Lipinski definition) is 1. The van der Waals surface area contributed by atoms with Gasteiger partial charge in [-0.15, -0.1) is 0 Å². The van der Waals surface area contributed by atoms with Crippen molar-refractivity contribution in [2.45, 2.75) is 50.6 Å². The third-order valence-electron chi connectivity index (χ3n) is 7.44. The van der Waals surface area contributed by atoms with Crippen molar-refractivity contribution >= 4 is 35.2 Å². The van der Waals surface area contributed by atoms with Crippen molar-refractivity contribution < 1.29 is 31.7 Å². The van der Waals surface area contributed by atoms with Crippen LogP contribution in [0.25, 0.3) is 5.69 Å². The van der Waals surface area contributed by atoms with Gasteiger partial charge in [0, 0.05) is 23.6 Å². The van der Waals surface area contributed by atoms with Crippen LogP contribution in [0, 0.1) is 5.82 Å². The fourth-order valence-electron chi connectivity index (χ4n) is 5.22. The van der Waals surface area contributed by atoms with E-state index in [-0.39, 0.29) is 17.8 Å². The molecule has 2 amide bonds. The van der Waals surface area contributed by atoms with E-state index in [0.29, 0.717) is 28.7 Å². The summed E-state index contributed by atoms with van der Waals surface area (Å²) in [4.78, 5) is 29.2. The zero-order chi connectivity index (χ0) is 33.4. The Balaban J connectivity index is 1.73. The maximum atomic E-state index is 14.3. The van der Waals surface area contributed by atoms with Crippen LogP contribution in [0.3, 0.4) is 0 Å². The number of fused-ring (bicyclic) bond motifs is 1. The van der Waals surface area contributed by atoms with Crippen LogP contribution in [0.5, 0.6) is 0 Å². The van der Waals surface area contributed by atoms with Crippen LogP contribution in [0.1, 0.15) is 66.4 Å². The molecule has 4 aromatic rings. The van der Waals surface area contributed by atoms with E-state index < -0.39 is 57.4 Å². The van der Waals surface area contributed by atoms with Crippen LogP contribution in [-0.4, -0.2) is 49.7 Å². The maximum absolute atomic E-state index is 14.3. The van der Waals surface area contributed by atoms with Gasteiger partial charge in [-0.1, -0.05) is 40.8 Å². The highest BCUT2D eigenvalue weighted by Gasteiger charge is 2.46. The molecular weight excluding hydrogens is 622 g/mol. The monoisotopic (exact) mass is 653 g/mol. The molecule has 0 aliphatic carbocycles. The zero-order valence-electron chi connectivity index (χ0n) is 25.4. The molecule has 2 heterocycles. The minimum atomic E-state index is -4.69. The summed E-state index contributed by atoms with van der Waals surface area (Å²) in [7, 11) is 0. The van der Waals surface area contributed by atoms with Gasteiger partial charge >= 0.3 is 6.18 Å². The van der Waals surface area contributed by atoms with Gasteiger partial charge < -0.3 is 9.87 Å². The number of nitrogens with zero attached hydrogens (tertiary/aromatic N) is 4. The van der Waals surface area contributed by atoms with Gasteiger partial charge in [0.05, 0.1) is 11.3 Å². The summed E-state index contributed by atoms with van der Waals surface area (Å²) < 4.78 is 72.6. The molecule has 0 saturated carbocycles. The molecule has 1 aliphatic rings. The number of anilines is 1. The lowest BCUT2D eigenvalue weighted by molar-refractivity contribution is -0.137. The molecule has 1 aliphatic heterocycles. The van der Waals surface area contributed by atoms with E-state index in [1.807, 2.05) is 6.07 Å². The van der Waals surface area contributed by atoms with Gasteiger partial charge in [-0.05, 0) is 75.7 Å². The van der Waals surface area contributed by atoms with Crippen LogP contribution in [-0.2, 0) is 22.3 Å². The second kappa shape index (κ2) is 12.7. The van der Waals surface area contributed by atoms with Crippen molar-refractivity contribution in [1.29, 1.82) is 0 Å². The first-order valence-corrected chi connectivity index (χ1v) is 15.5. The number of para-hydroxylation sites is 1. The Morgan fingerprint density at radius 1 is 1.04 bits per heavy atom. The standard InChI is InChI=1S/C33H31F4N5O3S/c1-5-41-30-27(25(19-38-46(45)32(2,3)4)40-42(30)24-12-7-6-8-13-24)26(20-14-16-23(34)17-15-20)28(31(41)44)39-29(43)21-10-9-11-22(18-21)33(35,36)37/h6-19,26,28H,5H2,1-4H3,(H,39,43)/b38-19+/t26-,28-,46+/m1/s1. The Bertz CT molecular complexity index is 1770. The smallest absolute Gasteiger partial charge is 0.416 e. The average molecular weight is 654 g/mol. The summed E-state index contributed by atoms with van der Waals surface area (Å²) in [5.41, 5.74) is 0.399. The SMILES string of the molecule is CCN1C(=O)[C@H](NC(=O)c2cccc(C(F)(F)F)c2)[C@H](c2ccc(F)cc2)c2c(/C=N/[S@@+]([O-])C(C)(C)C)nn(-c3ccccc3)c21. The highest BCUT2D eigenvalue weighted by Crippen LogP contribution is 2.43. The van der Waals surface area contributed by atoms with E-state index in [1.54, 1.807) is 56.6 Å². The molecule has 0 spiro atoms. The molecule has 5 rings (SSSR count). The normalized spacial score (nSPS) is 17.7. The third kappa shape index (κ3) is 6.56. The summed E-state index contributed by atoms with van der Waals surface area (Å²) in [6.07, 6.45) is -3.33. The van der Waals surface area contributed by atoms with E-state index in [4.69, 9.17) is 5.10 Å². The van der Waals surface area contributed by atoms with Gasteiger partial charge in [-0.3, -0.25) is 14.5 Å². The van der Waals surface area contributed by atoms with Gasteiger partial charge in [0.2, 0.25) is 0 Å². The number of carbonyl (C=O) groups excluding carboxylic acids is 2. The summed E-state index contributed by atoms with van der Waals surface area (Å²) >= 11 is -1.67. The Labute approximate surface area is 266 Å². The fraction of sp³-hybridized carbons (Fsp3) is 0.273. The van der Waals surface area contributed by atoms with E-state index in [1.165, 1.54) is 41.4 Å². The second-order valence-electron chi connectivity index (χ2n) is 11.6. The molecule has 0 fully saturated rings. The first-order chi connectivity index (χ1) is 21.7. The predicted molar refractivity (Wildman–Crippen MR) is 168 cm³/mol. The number of rotatable bonds is 7. The van der Waals surface area contributed by atoms with Crippen LogP contribution in [0.15, 0.2) is 83.3 Å². The van der Waals surface area contributed by atoms with Crippen LogP contribution in [0.4, 0.5) is 23.4 Å². The summed E-state index contributed by atoms with van der Waals surface area (Å²) in [5.74, 6) is -2.62. The Morgan fingerprint density at radius 3 is 2.33 bits per heavy atom. The Kier molecular flexibility index (Phi) is 9.09. The Morgan fingerprint density at radius 2 is 1.72 bits per heavy atom. The van der Waals surface area contributed by atoms with Gasteiger partial charge in [0.1, 0.15) is 45.7 Å². The second-order valence-corrected chi connectivity index (χ2v) is 13.5. The topological polar surface area (TPSA) is 103 Å². The molecule has 0 bridgehead atoms. The zero-order valence-corrected chi connectivity index (χ0v) is 26.2.